The minimum absolute atomic E-state index is 0.150. The molecular weight excluding hydrogens is 543 g/mol. The highest BCUT2D eigenvalue weighted by atomic mass is 35.5. The first-order valence-corrected chi connectivity index (χ1v) is 13.6. The average molecular weight is 565 g/mol. The summed E-state index contributed by atoms with van der Waals surface area (Å²) in [6.45, 7) is -0.584. The lowest BCUT2D eigenvalue weighted by Crippen LogP contribution is -2.52. The Morgan fingerprint density at radius 3 is 1.59 bits per heavy atom. The van der Waals surface area contributed by atoms with Gasteiger partial charge in [0.05, 0.1) is 11.8 Å². The number of ketones is 1. The number of carbonyl (C=O) groups is 4. The van der Waals surface area contributed by atoms with Crippen molar-refractivity contribution in [1.82, 2.24) is 10.0 Å². The van der Waals surface area contributed by atoms with E-state index in [4.69, 9.17) is 11.6 Å². The summed E-state index contributed by atoms with van der Waals surface area (Å²) in [6, 6.07) is 26.6. The molecule has 0 saturated carbocycles. The van der Waals surface area contributed by atoms with E-state index < -0.39 is 47.7 Å². The Morgan fingerprint density at radius 2 is 1.12 bits per heavy atom. The summed E-state index contributed by atoms with van der Waals surface area (Å²) >= 11 is 6.03. The Morgan fingerprint density at radius 1 is 0.683 bits per heavy atom. The van der Waals surface area contributed by atoms with Gasteiger partial charge in [0.2, 0.25) is 0 Å². The van der Waals surface area contributed by atoms with Crippen LogP contribution in [0, 0.1) is 17.7 Å². The lowest BCUT2D eigenvalue weighted by molar-refractivity contribution is -0.154. The van der Waals surface area contributed by atoms with Gasteiger partial charge in [-0.3, -0.25) is 19.2 Å². The first-order chi connectivity index (χ1) is 19.8. The maximum absolute atomic E-state index is 14.3. The molecule has 0 radical (unpaired) electrons. The molecule has 4 aromatic rings. The first-order valence-electron chi connectivity index (χ1n) is 13.3. The monoisotopic (exact) mass is 564 g/mol. The second-order valence-corrected chi connectivity index (χ2v) is 11.0. The van der Waals surface area contributed by atoms with Crippen LogP contribution in [0.3, 0.4) is 0 Å². The third-order valence-corrected chi connectivity index (χ3v) is 8.70. The van der Waals surface area contributed by atoms with Crippen LogP contribution in [0.5, 0.6) is 0 Å². The van der Waals surface area contributed by atoms with E-state index in [9.17, 15) is 23.6 Å². The van der Waals surface area contributed by atoms with Crippen LogP contribution in [-0.2, 0) is 9.59 Å². The van der Waals surface area contributed by atoms with Crippen LogP contribution in [0.2, 0.25) is 5.02 Å². The smallest absolute Gasteiger partial charge is 0.273 e. The number of amides is 3. The quantitative estimate of drug-likeness (QED) is 0.233. The highest BCUT2D eigenvalue weighted by Crippen LogP contribution is 2.61. The topological polar surface area (TPSA) is 74.8 Å². The number of halogens is 2. The minimum Gasteiger partial charge on any atom is -0.292 e. The van der Waals surface area contributed by atoms with Crippen molar-refractivity contribution in [1.29, 1.82) is 0 Å². The zero-order valence-electron chi connectivity index (χ0n) is 21.5. The van der Waals surface area contributed by atoms with E-state index in [-0.39, 0.29) is 23.0 Å². The minimum atomic E-state index is -0.723. The Labute approximate surface area is 239 Å². The van der Waals surface area contributed by atoms with Crippen molar-refractivity contribution >= 4 is 35.1 Å². The van der Waals surface area contributed by atoms with Gasteiger partial charge in [0.1, 0.15) is 12.4 Å². The number of benzene rings is 4. The fourth-order valence-corrected chi connectivity index (χ4v) is 6.86. The molecule has 0 spiro atoms. The van der Waals surface area contributed by atoms with Gasteiger partial charge < -0.3 is 0 Å². The predicted octanol–water partition coefficient (Wildman–Crippen LogP) is 5.61. The molecule has 3 amide bonds. The molecule has 2 bridgehead atoms. The predicted molar refractivity (Wildman–Crippen MR) is 149 cm³/mol. The number of Topliss-reactive ketones (excluding diaryl/α,β-unsaturated/α-hetero) is 1. The molecule has 3 aliphatic carbocycles. The number of rotatable bonds is 5. The van der Waals surface area contributed by atoms with Crippen LogP contribution < -0.4 is 0 Å². The number of nitrogens with zero attached hydrogens (tertiary/aromatic N) is 2. The maximum Gasteiger partial charge on any atom is 0.273 e. The molecule has 2 atom stereocenters. The van der Waals surface area contributed by atoms with E-state index in [0.717, 1.165) is 44.4 Å². The van der Waals surface area contributed by atoms with Crippen molar-refractivity contribution in [3.05, 3.63) is 141 Å². The summed E-state index contributed by atoms with van der Waals surface area (Å²) < 4.78 is 13.5. The standard InChI is InChI=1S/C33H22ClFN2O4/c34-20-13-9-19(10-14-20)31(39)36(17-26(38)18-11-15-21(35)16-12-18)37-32(40)29-27-22-5-1-2-6-23(22)28(30(29)33(37)41)25-8-4-3-7-24(25)27/h1-16,27-30H,17H2/t27?,28?,29-,30-/m0/s1. The van der Waals surface area contributed by atoms with Crippen LogP contribution in [-0.4, -0.2) is 40.1 Å². The largest absolute Gasteiger partial charge is 0.292 e. The maximum atomic E-state index is 14.3. The molecule has 6 nitrogen and oxygen atoms in total. The molecule has 8 rings (SSSR count). The lowest BCUT2D eigenvalue weighted by atomic mass is 9.55. The summed E-state index contributed by atoms with van der Waals surface area (Å²) in [5.41, 5.74) is 4.30. The van der Waals surface area contributed by atoms with E-state index in [0.29, 0.717) is 5.02 Å². The fraction of sp³-hybridized carbons (Fsp3) is 0.152. The second-order valence-electron chi connectivity index (χ2n) is 10.6. The van der Waals surface area contributed by atoms with Crippen LogP contribution in [0.1, 0.15) is 54.8 Å². The first kappa shape index (κ1) is 25.4. The van der Waals surface area contributed by atoms with Crippen molar-refractivity contribution < 1.29 is 23.6 Å². The molecule has 1 aliphatic heterocycles. The third-order valence-electron chi connectivity index (χ3n) is 8.45. The number of hydrogen-bond donors (Lipinski definition) is 0. The summed E-state index contributed by atoms with van der Waals surface area (Å²) in [5.74, 6) is -4.96. The Bertz CT molecular complexity index is 1640. The summed E-state index contributed by atoms with van der Waals surface area (Å²) in [7, 11) is 0. The normalized spacial score (nSPS) is 21.8. The van der Waals surface area contributed by atoms with Gasteiger partial charge in [-0.25, -0.2) is 9.40 Å². The van der Waals surface area contributed by atoms with Crippen molar-refractivity contribution in [3.63, 3.8) is 0 Å². The summed E-state index contributed by atoms with van der Waals surface area (Å²) in [6.07, 6.45) is 0. The number of hydrogen-bond acceptors (Lipinski definition) is 4. The second kappa shape index (κ2) is 9.49. The van der Waals surface area contributed by atoms with Crippen LogP contribution >= 0.6 is 11.6 Å². The molecule has 1 saturated heterocycles. The molecular formula is C33H22ClFN2O4. The van der Waals surface area contributed by atoms with Gasteiger partial charge >= 0.3 is 0 Å². The van der Waals surface area contributed by atoms with Crippen LogP contribution in [0.15, 0.2) is 97.1 Å². The van der Waals surface area contributed by atoms with Crippen LogP contribution in [0.4, 0.5) is 4.39 Å². The lowest BCUT2D eigenvalue weighted by Gasteiger charge is -2.45. The van der Waals surface area contributed by atoms with Gasteiger partial charge in [0, 0.05) is 28.0 Å². The number of carbonyl (C=O) groups excluding carboxylic acids is 4. The molecule has 4 aromatic carbocycles. The molecule has 0 aromatic heterocycles. The highest BCUT2D eigenvalue weighted by Gasteiger charge is 2.63. The average Bonchev–Trinajstić information content (AvgIpc) is 3.26. The van der Waals surface area contributed by atoms with Crippen molar-refractivity contribution in [2.24, 2.45) is 11.8 Å². The molecule has 0 N–H and O–H groups in total. The van der Waals surface area contributed by atoms with E-state index in [1.165, 1.54) is 36.4 Å². The van der Waals surface area contributed by atoms with Gasteiger partial charge in [0.15, 0.2) is 5.78 Å². The highest BCUT2D eigenvalue weighted by molar-refractivity contribution is 6.30. The zero-order chi connectivity index (χ0) is 28.4. The van der Waals surface area contributed by atoms with E-state index in [1.54, 1.807) is 0 Å². The summed E-state index contributed by atoms with van der Waals surface area (Å²) in [4.78, 5) is 55.8. The fourth-order valence-electron chi connectivity index (χ4n) is 6.74. The van der Waals surface area contributed by atoms with Gasteiger partial charge in [-0.05, 0) is 70.8 Å². The van der Waals surface area contributed by atoms with Gasteiger partial charge in [-0.1, -0.05) is 60.1 Å². The number of imide groups is 1. The molecule has 1 fully saturated rings. The molecule has 41 heavy (non-hydrogen) atoms. The van der Waals surface area contributed by atoms with Gasteiger partial charge in [-0.15, -0.1) is 0 Å². The van der Waals surface area contributed by atoms with E-state index in [2.05, 4.69) is 0 Å². The van der Waals surface area contributed by atoms with Crippen molar-refractivity contribution in [2.75, 3.05) is 6.54 Å². The van der Waals surface area contributed by atoms with E-state index in [1.807, 2.05) is 48.5 Å². The SMILES string of the molecule is O=C(CN(C(=O)c1ccc(Cl)cc1)N1C(=O)[C@H]2C3c4ccccc4C(c4ccccc43)[C@@H]2C1=O)c1ccc(F)cc1. The molecule has 1 heterocycles. The van der Waals surface area contributed by atoms with Gasteiger partial charge in [-0.2, -0.15) is 5.01 Å². The third kappa shape index (κ3) is 3.84. The van der Waals surface area contributed by atoms with Crippen molar-refractivity contribution in [3.8, 4) is 0 Å². The Hall–Kier alpha value is -4.62. The van der Waals surface area contributed by atoms with Crippen LogP contribution in [0.25, 0.3) is 0 Å². The molecule has 4 aliphatic rings. The van der Waals surface area contributed by atoms with Crippen molar-refractivity contribution in [2.45, 2.75) is 11.8 Å². The molecule has 202 valence electrons. The van der Waals surface area contributed by atoms with E-state index >= 15 is 0 Å². The zero-order valence-corrected chi connectivity index (χ0v) is 22.3. The Kier molecular flexibility index (Phi) is 5.87. The number of hydrazine groups is 1. The summed E-state index contributed by atoms with van der Waals surface area (Å²) in [5, 5.41) is 2.22. The molecule has 8 heteroatoms. The Balaban J connectivity index is 1.33. The van der Waals surface area contributed by atoms with Gasteiger partial charge in [0.25, 0.3) is 17.7 Å². The molecule has 0 unspecified atom stereocenters.